The Kier molecular flexibility index (Phi) is 6.47. The standard InChI is InChI=1S/C23H29N3O2/c1-23(2,3)28-15-9-14-22-24-21(16-18-10-6-5-7-11-18)25-26(22)19-12-8-13-20(17-19)27-4/h5-8,10-13,17H,9,14-16H2,1-4H3. The van der Waals surface area contributed by atoms with Gasteiger partial charge in [-0.3, -0.25) is 0 Å². The molecule has 2 aromatic carbocycles. The van der Waals surface area contributed by atoms with Crippen molar-refractivity contribution in [3.8, 4) is 11.4 Å². The molecular formula is C23H29N3O2. The van der Waals surface area contributed by atoms with E-state index in [2.05, 4.69) is 32.9 Å². The van der Waals surface area contributed by atoms with Crippen molar-refractivity contribution in [2.45, 2.75) is 45.6 Å². The Bertz CT molecular complexity index is 882. The molecule has 0 saturated carbocycles. The van der Waals surface area contributed by atoms with E-state index >= 15 is 0 Å². The van der Waals surface area contributed by atoms with Gasteiger partial charge in [-0.25, -0.2) is 9.67 Å². The molecule has 0 radical (unpaired) electrons. The van der Waals surface area contributed by atoms with Crippen LogP contribution < -0.4 is 4.74 Å². The number of ether oxygens (including phenoxy) is 2. The van der Waals surface area contributed by atoms with E-state index in [1.165, 1.54) is 5.56 Å². The average molecular weight is 380 g/mol. The Labute approximate surface area is 167 Å². The van der Waals surface area contributed by atoms with E-state index in [-0.39, 0.29) is 5.60 Å². The summed E-state index contributed by atoms with van der Waals surface area (Å²) in [4.78, 5) is 4.83. The van der Waals surface area contributed by atoms with Crippen molar-refractivity contribution in [2.24, 2.45) is 0 Å². The van der Waals surface area contributed by atoms with Gasteiger partial charge in [0.15, 0.2) is 5.82 Å². The van der Waals surface area contributed by atoms with Crippen molar-refractivity contribution < 1.29 is 9.47 Å². The molecule has 1 heterocycles. The van der Waals surface area contributed by atoms with Gasteiger partial charge in [0.25, 0.3) is 0 Å². The molecule has 28 heavy (non-hydrogen) atoms. The van der Waals surface area contributed by atoms with Crippen LogP contribution in [-0.2, 0) is 17.6 Å². The van der Waals surface area contributed by atoms with Crippen LogP contribution in [0.2, 0.25) is 0 Å². The predicted molar refractivity (Wildman–Crippen MR) is 111 cm³/mol. The van der Waals surface area contributed by atoms with Crippen molar-refractivity contribution in [1.82, 2.24) is 14.8 Å². The highest BCUT2D eigenvalue weighted by Crippen LogP contribution is 2.19. The Morgan fingerprint density at radius 2 is 1.79 bits per heavy atom. The van der Waals surface area contributed by atoms with Crippen molar-refractivity contribution in [3.05, 3.63) is 71.8 Å². The highest BCUT2D eigenvalue weighted by atomic mass is 16.5. The van der Waals surface area contributed by atoms with Crippen molar-refractivity contribution in [1.29, 1.82) is 0 Å². The zero-order valence-corrected chi connectivity index (χ0v) is 17.2. The molecule has 5 nitrogen and oxygen atoms in total. The molecule has 0 amide bonds. The first-order valence-electron chi connectivity index (χ1n) is 9.72. The fourth-order valence-electron chi connectivity index (χ4n) is 2.96. The third kappa shape index (κ3) is 5.67. The molecule has 1 aromatic heterocycles. The van der Waals surface area contributed by atoms with E-state index in [0.29, 0.717) is 13.0 Å². The SMILES string of the molecule is COc1cccc(-n2nc(Cc3ccccc3)nc2CCCOC(C)(C)C)c1. The van der Waals surface area contributed by atoms with Gasteiger partial charge in [0.1, 0.15) is 11.6 Å². The molecule has 0 aliphatic carbocycles. The summed E-state index contributed by atoms with van der Waals surface area (Å²) in [7, 11) is 1.67. The number of hydrogen-bond acceptors (Lipinski definition) is 4. The minimum absolute atomic E-state index is 0.126. The van der Waals surface area contributed by atoms with Gasteiger partial charge >= 0.3 is 0 Å². The molecule has 3 rings (SSSR count). The van der Waals surface area contributed by atoms with Gasteiger partial charge < -0.3 is 9.47 Å². The van der Waals surface area contributed by atoms with Crippen LogP contribution >= 0.6 is 0 Å². The second-order valence-corrected chi connectivity index (χ2v) is 7.78. The van der Waals surface area contributed by atoms with Gasteiger partial charge in [0.2, 0.25) is 0 Å². The first kappa shape index (κ1) is 20.1. The predicted octanol–water partition coefficient (Wildman–Crippen LogP) is 4.61. The van der Waals surface area contributed by atoms with Crippen LogP contribution in [0.3, 0.4) is 0 Å². The maximum Gasteiger partial charge on any atom is 0.155 e. The minimum Gasteiger partial charge on any atom is -0.497 e. The molecule has 0 atom stereocenters. The monoisotopic (exact) mass is 379 g/mol. The van der Waals surface area contributed by atoms with E-state index in [4.69, 9.17) is 19.6 Å². The largest absolute Gasteiger partial charge is 0.497 e. The number of nitrogens with zero attached hydrogens (tertiary/aromatic N) is 3. The first-order valence-corrected chi connectivity index (χ1v) is 9.72. The number of aromatic nitrogens is 3. The topological polar surface area (TPSA) is 49.2 Å². The Morgan fingerprint density at radius 1 is 1.00 bits per heavy atom. The third-order valence-electron chi connectivity index (χ3n) is 4.30. The molecule has 0 aliphatic rings. The van der Waals surface area contributed by atoms with Gasteiger partial charge in [-0.15, -0.1) is 0 Å². The zero-order chi connectivity index (χ0) is 20.0. The maximum atomic E-state index is 5.86. The van der Waals surface area contributed by atoms with Crippen LogP contribution in [0, 0.1) is 0 Å². The summed E-state index contributed by atoms with van der Waals surface area (Å²) in [6, 6.07) is 18.2. The zero-order valence-electron chi connectivity index (χ0n) is 17.2. The number of methoxy groups -OCH3 is 1. The van der Waals surface area contributed by atoms with Gasteiger partial charge in [-0.2, -0.15) is 5.10 Å². The highest BCUT2D eigenvalue weighted by molar-refractivity contribution is 5.39. The van der Waals surface area contributed by atoms with Crippen LogP contribution in [-0.4, -0.2) is 34.1 Å². The van der Waals surface area contributed by atoms with E-state index in [1.54, 1.807) is 7.11 Å². The highest BCUT2D eigenvalue weighted by Gasteiger charge is 2.14. The summed E-state index contributed by atoms with van der Waals surface area (Å²) in [5.41, 5.74) is 2.03. The molecule has 148 valence electrons. The molecule has 0 bridgehead atoms. The van der Waals surface area contributed by atoms with Crippen LogP contribution in [0.15, 0.2) is 54.6 Å². The maximum absolute atomic E-state index is 5.86. The molecule has 0 unspecified atom stereocenters. The van der Waals surface area contributed by atoms with Crippen molar-refractivity contribution in [2.75, 3.05) is 13.7 Å². The summed E-state index contributed by atoms with van der Waals surface area (Å²) >= 11 is 0. The first-order chi connectivity index (χ1) is 13.4. The van der Waals surface area contributed by atoms with E-state index in [9.17, 15) is 0 Å². The molecule has 0 fully saturated rings. The molecular weight excluding hydrogens is 350 g/mol. The summed E-state index contributed by atoms with van der Waals surface area (Å²) in [5, 5.41) is 4.79. The molecule has 0 aliphatic heterocycles. The molecule has 3 aromatic rings. The Hall–Kier alpha value is -2.66. The lowest BCUT2D eigenvalue weighted by Crippen LogP contribution is -2.20. The Balaban J connectivity index is 1.82. The summed E-state index contributed by atoms with van der Waals surface area (Å²) in [5.74, 6) is 2.57. The van der Waals surface area contributed by atoms with Crippen LogP contribution in [0.1, 0.15) is 44.4 Å². The lowest BCUT2D eigenvalue weighted by atomic mass is 10.1. The van der Waals surface area contributed by atoms with E-state index < -0.39 is 0 Å². The van der Waals surface area contributed by atoms with Gasteiger partial charge in [0.05, 0.1) is 18.4 Å². The number of rotatable bonds is 8. The van der Waals surface area contributed by atoms with Crippen LogP contribution in [0.5, 0.6) is 5.75 Å². The number of hydrogen-bond donors (Lipinski definition) is 0. The lowest BCUT2D eigenvalue weighted by molar-refractivity contribution is -0.00403. The second-order valence-electron chi connectivity index (χ2n) is 7.78. The normalized spacial score (nSPS) is 11.6. The van der Waals surface area contributed by atoms with Gasteiger partial charge in [-0.05, 0) is 44.9 Å². The van der Waals surface area contributed by atoms with E-state index in [1.807, 2.05) is 47.1 Å². The Morgan fingerprint density at radius 3 is 2.50 bits per heavy atom. The molecule has 0 N–H and O–H groups in total. The number of benzene rings is 2. The van der Waals surface area contributed by atoms with Gasteiger partial charge in [-0.1, -0.05) is 36.4 Å². The number of aryl methyl sites for hydroxylation is 1. The average Bonchev–Trinajstić information content (AvgIpc) is 3.08. The van der Waals surface area contributed by atoms with Crippen LogP contribution in [0.25, 0.3) is 5.69 Å². The third-order valence-corrected chi connectivity index (χ3v) is 4.30. The minimum atomic E-state index is -0.126. The fourth-order valence-corrected chi connectivity index (χ4v) is 2.96. The quantitative estimate of drug-likeness (QED) is 0.536. The smallest absolute Gasteiger partial charge is 0.155 e. The van der Waals surface area contributed by atoms with E-state index in [0.717, 1.165) is 35.9 Å². The fraction of sp³-hybridized carbons (Fsp3) is 0.391. The summed E-state index contributed by atoms with van der Waals surface area (Å²) < 4.78 is 13.2. The van der Waals surface area contributed by atoms with Gasteiger partial charge in [0, 0.05) is 25.5 Å². The molecule has 0 saturated heterocycles. The second kappa shape index (κ2) is 9.02. The summed E-state index contributed by atoms with van der Waals surface area (Å²) in [6.07, 6.45) is 2.41. The van der Waals surface area contributed by atoms with Crippen molar-refractivity contribution >= 4 is 0 Å². The molecule has 5 heteroatoms. The molecule has 0 spiro atoms. The van der Waals surface area contributed by atoms with Crippen LogP contribution in [0.4, 0.5) is 0 Å². The van der Waals surface area contributed by atoms with Crippen molar-refractivity contribution in [3.63, 3.8) is 0 Å². The summed E-state index contributed by atoms with van der Waals surface area (Å²) in [6.45, 7) is 6.92. The lowest BCUT2D eigenvalue weighted by Gasteiger charge is -2.19.